The number of likely N-dealkylation sites (tertiary alicyclic amines) is 1. The molecule has 2 saturated heterocycles. The molecule has 0 bridgehead atoms. The minimum Gasteiger partial charge on any atom is -0.497 e. The van der Waals surface area contributed by atoms with Crippen molar-refractivity contribution in [2.75, 3.05) is 27.3 Å². The summed E-state index contributed by atoms with van der Waals surface area (Å²) in [5, 5.41) is 2.29. The van der Waals surface area contributed by atoms with Crippen LogP contribution in [0, 0.1) is 5.92 Å². The van der Waals surface area contributed by atoms with Gasteiger partial charge in [0.1, 0.15) is 11.5 Å². The van der Waals surface area contributed by atoms with Crippen LogP contribution in [-0.4, -0.2) is 49.9 Å². The molecule has 0 aliphatic carbocycles. The minimum atomic E-state index is -0.358. The van der Waals surface area contributed by atoms with E-state index in [9.17, 15) is 14.4 Å². The number of imide groups is 1. The lowest BCUT2D eigenvalue weighted by Gasteiger charge is -2.32. The summed E-state index contributed by atoms with van der Waals surface area (Å²) in [5.74, 6) is 1.10. The number of hydrogen-bond acceptors (Lipinski definition) is 5. The first-order chi connectivity index (χ1) is 13.0. The molecule has 0 aromatic heterocycles. The van der Waals surface area contributed by atoms with Crippen molar-refractivity contribution >= 4 is 17.7 Å². The Hall–Kier alpha value is -2.57. The second kappa shape index (κ2) is 8.41. The zero-order valence-corrected chi connectivity index (χ0v) is 15.8. The van der Waals surface area contributed by atoms with Crippen molar-refractivity contribution in [3.05, 3.63) is 23.8 Å². The SMILES string of the molecule is COc1cc(OC)cc(C2CCN(C(=O)CC[C@H]3CC(=O)NC3=O)CC2)c1. The Morgan fingerprint density at radius 1 is 1.11 bits per heavy atom. The molecule has 2 heterocycles. The fourth-order valence-corrected chi connectivity index (χ4v) is 3.82. The third-order valence-corrected chi connectivity index (χ3v) is 5.46. The van der Waals surface area contributed by atoms with Crippen LogP contribution in [0.15, 0.2) is 18.2 Å². The number of hydrogen-bond donors (Lipinski definition) is 1. The summed E-state index contributed by atoms with van der Waals surface area (Å²) in [6, 6.07) is 5.91. The summed E-state index contributed by atoms with van der Waals surface area (Å²) in [6.45, 7) is 1.39. The zero-order valence-electron chi connectivity index (χ0n) is 15.8. The lowest BCUT2D eigenvalue weighted by atomic mass is 9.89. The van der Waals surface area contributed by atoms with Crippen LogP contribution in [0.1, 0.15) is 43.6 Å². The first-order valence-corrected chi connectivity index (χ1v) is 9.34. The van der Waals surface area contributed by atoms with Gasteiger partial charge < -0.3 is 14.4 Å². The molecule has 146 valence electrons. The normalized spacial score (nSPS) is 20.5. The Morgan fingerprint density at radius 2 is 1.74 bits per heavy atom. The predicted octanol–water partition coefficient (Wildman–Crippen LogP) is 1.85. The topological polar surface area (TPSA) is 84.9 Å². The standard InChI is InChI=1S/C20H26N2O5/c1-26-16-9-15(10-17(12-16)27-2)13-5-7-22(8-6-13)19(24)4-3-14-11-18(23)21-20(14)25/h9-10,12-14H,3-8,11H2,1-2H3,(H,21,23,25)/t14-/m0/s1. The highest BCUT2D eigenvalue weighted by Gasteiger charge is 2.31. The molecular weight excluding hydrogens is 348 g/mol. The van der Waals surface area contributed by atoms with Gasteiger partial charge >= 0.3 is 0 Å². The maximum Gasteiger partial charge on any atom is 0.230 e. The average molecular weight is 374 g/mol. The van der Waals surface area contributed by atoms with E-state index in [0.29, 0.717) is 31.8 Å². The molecule has 1 N–H and O–H groups in total. The van der Waals surface area contributed by atoms with Gasteiger partial charge in [0.15, 0.2) is 0 Å². The highest BCUT2D eigenvalue weighted by atomic mass is 16.5. The molecule has 1 aromatic carbocycles. The Labute approximate surface area is 159 Å². The van der Waals surface area contributed by atoms with Crippen molar-refractivity contribution in [2.24, 2.45) is 5.92 Å². The van der Waals surface area contributed by atoms with Gasteiger partial charge in [-0.05, 0) is 42.9 Å². The van der Waals surface area contributed by atoms with Crippen LogP contribution in [0.5, 0.6) is 11.5 Å². The van der Waals surface area contributed by atoms with Crippen molar-refractivity contribution in [3.63, 3.8) is 0 Å². The van der Waals surface area contributed by atoms with Crippen molar-refractivity contribution in [3.8, 4) is 11.5 Å². The fraction of sp³-hybridized carbons (Fsp3) is 0.550. The molecule has 1 atom stereocenters. The molecule has 2 aliphatic heterocycles. The molecule has 0 unspecified atom stereocenters. The van der Waals surface area contributed by atoms with Crippen LogP contribution in [-0.2, 0) is 14.4 Å². The summed E-state index contributed by atoms with van der Waals surface area (Å²) in [4.78, 5) is 37.1. The number of amides is 3. The Kier molecular flexibility index (Phi) is 5.98. The highest BCUT2D eigenvalue weighted by Crippen LogP contribution is 2.33. The van der Waals surface area contributed by atoms with Crippen LogP contribution >= 0.6 is 0 Å². The van der Waals surface area contributed by atoms with Crippen LogP contribution in [0.2, 0.25) is 0 Å². The molecule has 2 aliphatic rings. The highest BCUT2D eigenvalue weighted by molar-refractivity contribution is 6.03. The average Bonchev–Trinajstić information content (AvgIpc) is 3.02. The van der Waals surface area contributed by atoms with Crippen molar-refractivity contribution in [1.82, 2.24) is 10.2 Å². The number of nitrogens with one attached hydrogen (secondary N) is 1. The number of carbonyl (C=O) groups excluding carboxylic acids is 3. The van der Waals surface area contributed by atoms with E-state index in [1.807, 2.05) is 23.1 Å². The summed E-state index contributed by atoms with van der Waals surface area (Å²) in [7, 11) is 3.27. The van der Waals surface area contributed by atoms with E-state index in [1.165, 1.54) is 5.56 Å². The summed E-state index contributed by atoms with van der Waals surface area (Å²) in [5.41, 5.74) is 1.17. The van der Waals surface area contributed by atoms with Crippen molar-refractivity contribution < 1.29 is 23.9 Å². The fourth-order valence-electron chi connectivity index (χ4n) is 3.82. The minimum absolute atomic E-state index is 0.0591. The monoisotopic (exact) mass is 374 g/mol. The number of piperidine rings is 1. The van der Waals surface area contributed by atoms with E-state index in [4.69, 9.17) is 9.47 Å². The van der Waals surface area contributed by atoms with Gasteiger partial charge in [0.05, 0.1) is 14.2 Å². The molecule has 3 amide bonds. The maximum atomic E-state index is 12.5. The third-order valence-electron chi connectivity index (χ3n) is 5.46. The number of nitrogens with zero attached hydrogens (tertiary/aromatic N) is 1. The van der Waals surface area contributed by atoms with Crippen molar-refractivity contribution in [1.29, 1.82) is 0 Å². The summed E-state index contributed by atoms with van der Waals surface area (Å²) >= 11 is 0. The summed E-state index contributed by atoms with van der Waals surface area (Å²) < 4.78 is 10.7. The molecule has 1 aromatic rings. The molecule has 7 nitrogen and oxygen atoms in total. The van der Waals surface area contributed by atoms with Crippen LogP contribution in [0.4, 0.5) is 0 Å². The van der Waals surface area contributed by atoms with E-state index in [-0.39, 0.29) is 30.1 Å². The molecule has 0 spiro atoms. The number of carbonyl (C=O) groups is 3. The molecular formula is C20H26N2O5. The first kappa shape index (κ1) is 19.2. The molecule has 0 saturated carbocycles. The maximum absolute atomic E-state index is 12.5. The van der Waals surface area contributed by atoms with Gasteiger partial charge in [-0.3, -0.25) is 19.7 Å². The Balaban J connectivity index is 1.52. The van der Waals surface area contributed by atoms with Gasteiger partial charge in [0, 0.05) is 37.9 Å². The number of benzene rings is 1. The summed E-state index contributed by atoms with van der Waals surface area (Å²) in [6.07, 6.45) is 2.70. The van der Waals surface area contributed by atoms with E-state index in [2.05, 4.69) is 5.32 Å². The van der Waals surface area contributed by atoms with Gasteiger partial charge in [0.2, 0.25) is 17.7 Å². The predicted molar refractivity (Wildman–Crippen MR) is 98.6 cm³/mol. The van der Waals surface area contributed by atoms with Gasteiger partial charge in [-0.15, -0.1) is 0 Å². The van der Waals surface area contributed by atoms with E-state index >= 15 is 0 Å². The zero-order chi connectivity index (χ0) is 19.4. The smallest absolute Gasteiger partial charge is 0.230 e. The lowest BCUT2D eigenvalue weighted by molar-refractivity contribution is -0.132. The molecule has 0 radical (unpaired) electrons. The second-order valence-electron chi connectivity index (χ2n) is 7.15. The van der Waals surface area contributed by atoms with Crippen LogP contribution in [0.3, 0.4) is 0 Å². The largest absolute Gasteiger partial charge is 0.497 e. The van der Waals surface area contributed by atoms with Crippen molar-refractivity contribution in [2.45, 2.75) is 38.0 Å². The van der Waals surface area contributed by atoms with Crippen LogP contribution < -0.4 is 14.8 Å². The van der Waals surface area contributed by atoms with E-state index in [1.54, 1.807) is 14.2 Å². The van der Waals surface area contributed by atoms with Gasteiger partial charge in [-0.1, -0.05) is 0 Å². The Bertz CT molecular complexity index is 703. The molecule has 3 rings (SSSR count). The third kappa shape index (κ3) is 4.59. The van der Waals surface area contributed by atoms with E-state index in [0.717, 1.165) is 24.3 Å². The second-order valence-corrected chi connectivity index (χ2v) is 7.15. The van der Waals surface area contributed by atoms with Crippen LogP contribution in [0.25, 0.3) is 0 Å². The van der Waals surface area contributed by atoms with Gasteiger partial charge in [-0.2, -0.15) is 0 Å². The molecule has 2 fully saturated rings. The molecule has 27 heavy (non-hydrogen) atoms. The lowest BCUT2D eigenvalue weighted by Crippen LogP contribution is -2.38. The van der Waals surface area contributed by atoms with Gasteiger partial charge in [0.25, 0.3) is 0 Å². The first-order valence-electron chi connectivity index (χ1n) is 9.34. The molecule has 7 heteroatoms. The Morgan fingerprint density at radius 3 is 2.26 bits per heavy atom. The number of rotatable bonds is 6. The number of methoxy groups -OCH3 is 2. The van der Waals surface area contributed by atoms with Gasteiger partial charge in [-0.25, -0.2) is 0 Å². The van der Waals surface area contributed by atoms with E-state index < -0.39 is 0 Å². The number of ether oxygens (including phenoxy) is 2. The quantitative estimate of drug-likeness (QED) is 0.768.